The molecule has 2 unspecified atom stereocenters. The molecule has 0 radical (unpaired) electrons. The van der Waals surface area contributed by atoms with Crippen molar-refractivity contribution in [3.63, 3.8) is 0 Å². The normalized spacial score (nSPS) is 16.5. The maximum Gasteiger partial charge on any atom is 0.188 e. The summed E-state index contributed by atoms with van der Waals surface area (Å²) in [6.07, 6.45) is 11.0. The monoisotopic (exact) mass is 423 g/mol. The molecule has 0 heterocycles. The van der Waals surface area contributed by atoms with Gasteiger partial charge in [-0.3, -0.25) is 0 Å². The molecule has 0 aliphatic heterocycles. The van der Waals surface area contributed by atoms with E-state index in [0.717, 1.165) is 25.1 Å². The molecule has 2 aromatic carbocycles. The molecule has 2 atom stereocenters. The molecular formula is C26H34NO2P. The summed E-state index contributed by atoms with van der Waals surface area (Å²) in [5, 5.41) is 6.21. The molecule has 0 amide bonds. The molecule has 1 N–H and O–H groups in total. The lowest BCUT2D eigenvalue weighted by atomic mass is 9.93. The van der Waals surface area contributed by atoms with E-state index in [-0.39, 0.29) is 12.3 Å². The Bertz CT molecular complexity index is 883. The minimum Gasteiger partial charge on any atom is -0.467 e. The van der Waals surface area contributed by atoms with Gasteiger partial charge in [-0.15, -0.1) is 0 Å². The van der Waals surface area contributed by atoms with E-state index in [0.29, 0.717) is 14.5 Å². The van der Waals surface area contributed by atoms with Crippen LogP contribution in [0.1, 0.15) is 38.3 Å². The fourth-order valence-corrected chi connectivity index (χ4v) is 4.78. The van der Waals surface area contributed by atoms with Crippen LogP contribution in [0.5, 0.6) is 5.75 Å². The zero-order valence-electron chi connectivity index (χ0n) is 18.6. The molecule has 0 fully saturated rings. The number of methoxy groups -OCH3 is 1. The SMILES string of the molecule is COCOc1ccc(CC2C=CC=CC2)cc1Pc1ccccc1CNC(C)(C)C. The van der Waals surface area contributed by atoms with Gasteiger partial charge < -0.3 is 14.8 Å². The molecule has 2 aromatic rings. The third-order valence-corrected chi connectivity index (χ3v) is 6.46. The Hall–Kier alpha value is -1.93. The topological polar surface area (TPSA) is 30.5 Å². The van der Waals surface area contributed by atoms with E-state index in [1.165, 1.54) is 21.7 Å². The predicted molar refractivity (Wildman–Crippen MR) is 130 cm³/mol. The first-order chi connectivity index (χ1) is 14.4. The van der Waals surface area contributed by atoms with Crippen molar-refractivity contribution in [2.24, 2.45) is 5.92 Å². The van der Waals surface area contributed by atoms with Gasteiger partial charge in [-0.05, 0) is 68.1 Å². The maximum absolute atomic E-state index is 5.90. The smallest absolute Gasteiger partial charge is 0.188 e. The number of nitrogens with one attached hydrogen (secondary N) is 1. The predicted octanol–water partition coefficient (Wildman–Crippen LogP) is 4.86. The van der Waals surface area contributed by atoms with Gasteiger partial charge in [-0.2, -0.15) is 0 Å². The second kappa shape index (κ2) is 10.9. The van der Waals surface area contributed by atoms with Crippen molar-refractivity contribution in [3.05, 3.63) is 77.9 Å². The van der Waals surface area contributed by atoms with Gasteiger partial charge in [-0.25, -0.2) is 0 Å². The van der Waals surface area contributed by atoms with Crippen molar-refractivity contribution in [2.75, 3.05) is 13.9 Å². The fraction of sp³-hybridized carbons (Fsp3) is 0.385. The highest BCUT2D eigenvalue weighted by Gasteiger charge is 2.14. The molecule has 0 saturated heterocycles. The van der Waals surface area contributed by atoms with E-state index in [2.05, 4.69) is 92.9 Å². The first-order valence-corrected chi connectivity index (χ1v) is 11.6. The van der Waals surface area contributed by atoms with Gasteiger partial charge in [-0.1, -0.05) is 63.2 Å². The number of hydrogen-bond acceptors (Lipinski definition) is 3. The molecule has 1 aliphatic rings. The van der Waals surface area contributed by atoms with Crippen LogP contribution in [0.25, 0.3) is 0 Å². The Kier molecular flexibility index (Phi) is 8.27. The van der Waals surface area contributed by atoms with Gasteiger partial charge in [0.15, 0.2) is 6.79 Å². The van der Waals surface area contributed by atoms with Crippen molar-refractivity contribution in [3.8, 4) is 5.75 Å². The Balaban J connectivity index is 1.83. The minimum atomic E-state index is 0.0881. The second-order valence-electron chi connectivity index (χ2n) is 8.78. The van der Waals surface area contributed by atoms with Crippen LogP contribution < -0.4 is 20.7 Å². The fourth-order valence-electron chi connectivity index (χ4n) is 3.44. The third-order valence-electron chi connectivity index (χ3n) is 5.04. The summed E-state index contributed by atoms with van der Waals surface area (Å²) in [6, 6.07) is 15.3. The molecule has 3 rings (SSSR count). The average molecular weight is 424 g/mol. The van der Waals surface area contributed by atoms with Gasteiger partial charge >= 0.3 is 0 Å². The van der Waals surface area contributed by atoms with E-state index in [1.54, 1.807) is 7.11 Å². The molecule has 0 bridgehead atoms. The van der Waals surface area contributed by atoms with Crippen molar-refractivity contribution in [2.45, 2.75) is 45.7 Å². The molecule has 0 spiro atoms. The van der Waals surface area contributed by atoms with Crippen molar-refractivity contribution >= 4 is 19.2 Å². The molecule has 4 heteroatoms. The van der Waals surface area contributed by atoms with Crippen molar-refractivity contribution in [1.29, 1.82) is 0 Å². The second-order valence-corrected chi connectivity index (χ2v) is 10.1. The summed E-state index contributed by atoms with van der Waals surface area (Å²) in [4.78, 5) is 0. The summed E-state index contributed by atoms with van der Waals surface area (Å²) < 4.78 is 11.1. The van der Waals surface area contributed by atoms with Crippen molar-refractivity contribution < 1.29 is 9.47 Å². The largest absolute Gasteiger partial charge is 0.467 e. The van der Waals surface area contributed by atoms with Gasteiger partial charge in [0.25, 0.3) is 0 Å². The molecule has 0 aromatic heterocycles. The molecular weight excluding hydrogens is 389 g/mol. The summed E-state index contributed by atoms with van der Waals surface area (Å²) in [6.45, 7) is 7.73. The molecule has 3 nitrogen and oxygen atoms in total. The van der Waals surface area contributed by atoms with Crippen LogP contribution in [0.3, 0.4) is 0 Å². The van der Waals surface area contributed by atoms with Crippen LogP contribution >= 0.6 is 8.58 Å². The first kappa shape index (κ1) is 22.7. The Morgan fingerprint density at radius 3 is 2.63 bits per heavy atom. The quantitative estimate of drug-likeness (QED) is 0.461. The van der Waals surface area contributed by atoms with Gasteiger partial charge in [0.2, 0.25) is 0 Å². The summed E-state index contributed by atoms with van der Waals surface area (Å²) in [7, 11) is 2.19. The number of ether oxygens (including phenoxy) is 2. The van der Waals surface area contributed by atoms with Gasteiger partial charge in [0.05, 0.1) is 0 Å². The molecule has 160 valence electrons. The Morgan fingerprint density at radius 1 is 1.07 bits per heavy atom. The van der Waals surface area contributed by atoms with E-state index in [1.807, 2.05) is 0 Å². The highest BCUT2D eigenvalue weighted by molar-refractivity contribution is 7.55. The van der Waals surface area contributed by atoms with Crippen LogP contribution in [-0.2, 0) is 17.7 Å². The standard InChI is InChI=1S/C26H34NO2P/c1-26(2,3)27-18-22-12-8-9-13-24(22)30-25-17-21(14-15-23(25)29-19-28-4)16-20-10-6-5-7-11-20/h5-10,12-15,17,20,27,30H,11,16,18-19H2,1-4H3. The molecule has 0 saturated carbocycles. The zero-order chi connectivity index (χ0) is 21.4. The Labute approximate surface area is 183 Å². The number of benzene rings is 2. The Morgan fingerprint density at radius 2 is 1.90 bits per heavy atom. The number of allylic oxidation sites excluding steroid dienone is 4. The van der Waals surface area contributed by atoms with E-state index in [9.17, 15) is 0 Å². The lowest BCUT2D eigenvalue weighted by Gasteiger charge is -2.22. The first-order valence-electron chi connectivity index (χ1n) is 10.6. The van der Waals surface area contributed by atoms with E-state index >= 15 is 0 Å². The molecule has 1 aliphatic carbocycles. The third kappa shape index (κ3) is 7.09. The van der Waals surface area contributed by atoms with Gasteiger partial charge in [0.1, 0.15) is 5.75 Å². The summed E-state index contributed by atoms with van der Waals surface area (Å²) >= 11 is 0. The van der Waals surface area contributed by atoms with Crippen LogP contribution in [0, 0.1) is 5.92 Å². The average Bonchev–Trinajstić information content (AvgIpc) is 2.73. The summed E-state index contributed by atoms with van der Waals surface area (Å²) in [5.74, 6) is 1.48. The van der Waals surface area contributed by atoms with Crippen LogP contribution in [0.4, 0.5) is 0 Å². The highest BCUT2D eigenvalue weighted by Crippen LogP contribution is 2.25. The van der Waals surface area contributed by atoms with E-state index in [4.69, 9.17) is 9.47 Å². The minimum absolute atomic E-state index is 0.0881. The number of rotatable bonds is 9. The maximum atomic E-state index is 5.90. The lowest BCUT2D eigenvalue weighted by Crippen LogP contribution is -2.36. The summed E-state index contributed by atoms with van der Waals surface area (Å²) in [5.41, 5.74) is 2.79. The zero-order valence-corrected chi connectivity index (χ0v) is 19.6. The van der Waals surface area contributed by atoms with Gasteiger partial charge in [0, 0.05) is 24.5 Å². The number of hydrogen-bond donors (Lipinski definition) is 1. The molecule has 30 heavy (non-hydrogen) atoms. The van der Waals surface area contributed by atoms with Crippen LogP contribution in [0.15, 0.2) is 66.8 Å². The van der Waals surface area contributed by atoms with Crippen molar-refractivity contribution in [1.82, 2.24) is 5.32 Å². The highest BCUT2D eigenvalue weighted by atomic mass is 31.1. The lowest BCUT2D eigenvalue weighted by molar-refractivity contribution is 0.0519. The van der Waals surface area contributed by atoms with Crippen LogP contribution in [-0.4, -0.2) is 19.4 Å². The van der Waals surface area contributed by atoms with E-state index < -0.39 is 0 Å². The van der Waals surface area contributed by atoms with Crippen LogP contribution in [0.2, 0.25) is 0 Å².